The highest BCUT2D eigenvalue weighted by molar-refractivity contribution is 5.80. The molecule has 0 radical (unpaired) electrons. The number of guanidine groups is 1. The van der Waals surface area contributed by atoms with Crippen molar-refractivity contribution in [1.29, 1.82) is 0 Å². The molecule has 1 heterocycles. The summed E-state index contributed by atoms with van der Waals surface area (Å²) in [5.41, 5.74) is 0.136. The Bertz CT molecular complexity index is 630. The molecule has 2 fully saturated rings. The smallest absolute Gasteiger partial charge is 0.193 e. The Balaban J connectivity index is 1.48. The van der Waals surface area contributed by atoms with E-state index in [9.17, 15) is 0 Å². The molecular formula is C20H31N3O3. The van der Waals surface area contributed by atoms with E-state index in [0.29, 0.717) is 24.7 Å². The predicted molar refractivity (Wildman–Crippen MR) is 103 cm³/mol. The monoisotopic (exact) mass is 361 g/mol. The van der Waals surface area contributed by atoms with Crippen molar-refractivity contribution in [2.75, 3.05) is 41.0 Å². The van der Waals surface area contributed by atoms with E-state index in [1.807, 2.05) is 38.4 Å². The van der Waals surface area contributed by atoms with Crippen LogP contribution in [0.5, 0.6) is 11.5 Å². The molecule has 1 aliphatic heterocycles. The first-order chi connectivity index (χ1) is 12.5. The number of hydrogen-bond donors (Lipinski definition) is 1. The largest absolute Gasteiger partial charge is 0.497 e. The molecule has 26 heavy (non-hydrogen) atoms. The normalized spacial score (nSPS) is 26.7. The van der Waals surface area contributed by atoms with Crippen LogP contribution in [0.25, 0.3) is 0 Å². The Labute approximate surface area is 156 Å². The molecule has 1 aromatic carbocycles. The fourth-order valence-corrected chi connectivity index (χ4v) is 4.18. The lowest BCUT2D eigenvalue weighted by Crippen LogP contribution is -2.68. The van der Waals surface area contributed by atoms with Crippen molar-refractivity contribution in [1.82, 2.24) is 10.2 Å². The zero-order valence-electron chi connectivity index (χ0n) is 16.5. The minimum absolute atomic E-state index is 0.136. The number of rotatable bonds is 6. The Morgan fingerprint density at radius 2 is 2.00 bits per heavy atom. The van der Waals surface area contributed by atoms with Gasteiger partial charge in [-0.3, -0.25) is 4.99 Å². The summed E-state index contributed by atoms with van der Waals surface area (Å²) >= 11 is 0. The molecule has 3 rings (SSSR count). The quantitative estimate of drug-likeness (QED) is 0.623. The molecule has 0 spiro atoms. The van der Waals surface area contributed by atoms with Crippen molar-refractivity contribution in [3.05, 3.63) is 24.3 Å². The Morgan fingerprint density at radius 3 is 2.65 bits per heavy atom. The SMILES string of the molecule is CN=C(NC1C2CCOC2C1(C)C)N(C)CCOc1ccc(OC)cc1. The van der Waals surface area contributed by atoms with Crippen LogP contribution in [0.3, 0.4) is 0 Å². The first kappa shape index (κ1) is 18.8. The molecule has 1 saturated carbocycles. The van der Waals surface area contributed by atoms with Crippen LogP contribution >= 0.6 is 0 Å². The maximum absolute atomic E-state index is 5.88. The van der Waals surface area contributed by atoms with Crippen molar-refractivity contribution in [2.24, 2.45) is 16.3 Å². The fraction of sp³-hybridized carbons (Fsp3) is 0.650. The third-order valence-corrected chi connectivity index (χ3v) is 5.71. The van der Waals surface area contributed by atoms with Gasteiger partial charge in [0.2, 0.25) is 0 Å². The minimum atomic E-state index is 0.136. The molecule has 3 unspecified atom stereocenters. The van der Waals surface area contributed by atoms with Crippen LogP contribution in [0.15, 0.2) is 29.3 Å². The first-order valence-electron chi connectivity index (χ1n) is 9.30. The molecule has 0 amide bonds. The topological polar surface area (TPSA) is 55.3 Å². The third kappa shape index (κ3) is 3.61. The van der Waals surface area contributed by atoms with Crippen LogP contribution in [0, 0.1) is 11.3 Å². The number of nitrogens with zero attached hydrogens (tertiary/aromatic N) is 2. The number of fused-ring (bicyclic) bond motifs is 1. The molecule has 3 atom stereocenters. The van der Waals surface area contributed by atoms with E-state index in [1.54, 1.807) is 7.11 Å². The fourth-order valence-electron chi connectivity index (χ4n) is 4.18. The van der Waals surface area contributed by atoms with Gasteiger partial charge in [0.05, 0.1) is 19.8 Å². The maximum atomic E-state index is 5.88. The number of ether oxygens (including phenoxy) is 3. The standard InChI is InChI=1S/C20H31N3O3/c1-20(2)17(16-10-12-26-18(16)20)22-19(21-3)23(4)11-13-25-15-8-6-14(24-5)7-9-15/h6-9,16-18H,10-13H2,1-5H3,(H,21,22). The maximum Gasteiger partial charge on any atom is 0.193 e. The van der Waals surface area contributed by atoms with Crippen LogP contribution in [-0.2, 0) is 4.74 Å². The second kappa shape index (κ2) is 7.74. The number of nitrogens with one attached hydrogen (secondary N) is 1. The molecule has 0 bridgehead atoms. The van der Waals surface area contributed by atoms with E-state index in [2.05, 4.69) is 29.1 Å². The Morgan fingerprint density at radius 1 is 1.31 bits per heavy atom. The van der Waals surface area contributed by atoms with E-state index < -0.39 is 0 Å². The van der Waals surface area contributed by atoms with Crippen molar-refractivity contribution in [2.45, 2.75) is 32.4 Å². The van der Waals surface area contributed by atoms with Crippen molar-refractivity contribution < 1.29 is 14.2 Å². The van der Waals surface area contributed by atoms with Gasteiger partial charge in [0.25, 0.3) is 0 Å². The van der Waals surface area contributed by atoms with Gasteiger partial charge in [0.1, 0.15) is 18.1 Å². The molecule has 1 N–H and O–H groups in total. The van der Waals surface area contributed by atoms with Gasteiger partial charge in [-0.2, -0.15) is 0 Å². The number of likely N-dealkylation sites (N-methyl/N-ethyl adjacent to an activating group) is 1. The van der Waals surface area contributed by atoms with Gasteiger partial charge in [-0.05, 0) is 30.7 Å². The van der Waals surface area contributed by atoms with Crippen LogP contribution in [0.2, 0.25) is 0 Å². The molecule has 6 heteroatoms. The van der Waals surface area contributed by atoms with Gasteiger partial charge in [-0.25, -0.2) is 0 Å². The van der Waals surface area contributed by atoms with Crippen molar-refractivity contribution in [3.8, 4) is 11.5 Å². The summed E-state index contributed by atoms with van der Waals surface area (Å²) in [5, 5.41) is 3.65. The zero-order valence-corrected chi connectivity index (χ0v) is 16.5. The van der Waals surface area contributed by atoms with E-state index in [1.165, 1.54) is 0 Å². The van der Waals surface area contributed by atoms with Gasteiger partial charge in [0, 0.05) is 38.1 Å². The Kier molecular flexibility index (Phi) is 5.61. The van der Waals surface area contributed by atoms with Gasteiger partial charge in [-0.15, -0.1) is 0 Å². The van der Waals surface area contributed by atoms with E-state index >= 15 is 0 Å². The Hall–Kier alpha value is -1.95. The first-order valence-corrected chi connectivity index (χ1v) is 9.30. The summed E-state index contributed by atoms with van der Waals surface area (Å²) in [6.45, 7) is 6.77. The highest BCUT2D eigenvalue weighted by atomic mass is 16.5. The summed E-state index contributed by atoms with van der Waals surface area (Å²) in [4.78, 5) is 6.57. The molecule has 1 aromatic rings. The average Bonchev–Trinajstić information content (AvgIpc) is 3.10. The summed E-state index contributed by atoms with van der Waals surface area (Å²) in [6, 6.07) is 8.04. The van der Waals surface area contributed by atoms with Crippen LogP contribution in [-0.4, -0.2) is 64.0 Å². The predicted octanol–water partition coefficient (Wildman–Crippen LogP) is 2.39. The highest BCUT2D eigenvalue weighted by Crippen LogP contribution is 2.52. The number of hydrogen-bond acceptors (Lipinski definition) is 4. The molecular weight excluding hydrogens is 330 g/mol. The molecule has 1 saturated heterocycles. The van der Waals surface area contributed by atoms with E-state index in [-0.39, 0.29) is 5.41 Å². The van der Waals surface area contributed by atoms with E-state index in [0.717, 1.165) is 37.0 Å². The lowest BCUT2D eigenvalue weighted by atomic mass is 9.57. The van der Waals surface area contributed by atoms with Crippen LogP contribution < -0.4 is 14.8 Å². The molecule has 0 aromatic heterocycles. The second-order valence-electron chi connectivity index (χ2n) is 7.68. The molecule has 6 nitrogen and oxygen atoms in total. The van der Waals surface area contributed by atoms with Gasteiger partial charge >= 0.3 is 0 Å². The lowest BCUT2D eigenvalue weighted by molar-refractivity contribution is -0.107. The number of aliphatic imine (C=N–C) groups is 1. The van der Waals surface area contributed by atoms with Crippen LogP contribution in [0.4, 0.5) is 0 Å². The van der Waals surface area contributed by atoms with Gasteiger partial charge < -0.3 is 24.4 Å². The minimum Gasteiger partial charge on any atom is -0.497 e. The molecule has 144 valence electrons. The average molecular weight is 361 g/mol. The van der Waals surface area contributed by atoms with E-state index in [4.69, 9.17) is 14.2 Å². The highest BCUT2D eigenvalue weighted by Gasteiger charge is 2.59. The number of benzene rings is 1. The third-order valence-electron chi connectivity index (χ3n) is 5.71. The molecule has 1 aliphatic carbocycles. The van der Waals surface area contributed by atoms with Gasteiger partial charge in [0.15, 0.2) is 5.96 Å². The summed E-state index contributed by atoms with van der Waals surface area (Å²) in [7, 11) is 5.53. The summed E-state index contributed by atoms with van der Waals surface area (Å²) in [6.07, 6.45) is 1.51. The second-order valence-corrected chi connectivity index (χ2v) is 7.68. The van der Waals surface area contributed by atoms with Crippen molar-refractivity contribution >= 4 is 5.96 Å². The van der Waals surface area contributed by atoms with Crippen LogP contribution in [0.1, 0.15) is 20.3 Å². The zero-order chi connectivity index (χ0) is 18.7. The number of methoxy groups -OCH3 is 1. The van der Waals surface area contributed by atoms with Gasteiger partial charge in [-0.1, -0.05) is 13.8 Å². The van der Waals surface area contributed by atoms with Crippen molar-refractivity contribution in [3.63, 3.8) is 0 Å². The summed E-state index contributed by atoms with van der Waals surface area (Å²) < 4.78 is 16.9. The molecule has 2 aliphatic rings. The lowest BCUT2D eigenvalue weighted by Gasteiger charge is -2.55. The summed E-state index contributed by atoms with van der Waals surface area (Å²) in [5.74, 6) is 3.17.